The lowest BCUT2D eigenvalue weighted by atomic mass is 10.0. The number of piperidine rings is 1. The number of aromatic nitrogens is 1. The molecule has 1 saturated heterocycles. The predicted molar refractivity (Wildman–Crippen MR) is 70.5 cm³/mol. The maximum absolute atomic E-state index is 12.5. The van der Waals surface area contributed by atoms with E-state index in [1.165, 1.54) is 12.8 Å². The molecule has 1 aliphatic carbocycles. The molecule has 1 aromatic rings. The van der Waals surface area contributed by atoms with E-state index in [0.29, 0.717) is 6.04 Å². The average Bonchev–Trinajstić information content (AvgIpc) is 3.17. The van der Waals surface area contributed by atoms with Gasteiger partial charge >= 0.3 is 0 Å². The highest BCUT2D eigenvalue weighted by molar-refractivity contribution is 5.98. The van der Waals surface area contributed by atoms with Crippen LogP contribution in [0.5, 0.6) is 0 Å². The fourth-order valence-electron chi connectivity index (χ4n) is 2.56. The smallest absolute Gasteiger partial charge is 0.244 e. The van der Waals surface area contributed by atoms with Gasteiger partial charge in [0.15, 0.2) is 0 Å². The van der Waals surface area contributed by atoms with Crippen molar-refractivity contribution in [2.24, 2.45) is 0 Å². The zero-order chi connectivity index (χ0) is 12.5. The zero-order valence-corrected chi connectivity index (χ0v) is 10.7. The standard InChI is InChI=1S/C14H19N3O/c1-10-13(5-2-8-15-10)17-9-3-4-12(14(17)18)16-11-6-7-11/h2,5,8,11-12,16H,3-4,6-7,9H2,1H3. The fourth-order valence-corrected chi connectivity index (χ4v) is 2.56. The van der Waals surface area contributed by atoms with Crippen LogP contribution in [0.25, 0.3) is 0 Å². The van der Waals surface area contributed by atoms with Crippen molar-refractivity contribution in [1.29, 1.82) is 0 Å². The summed E-state index contributed by atoms with van der Waals surface area (Å²) < 4.78 is 0. The summed E-state index contributed by atoms with van der Waals surface area (Å²) in [5, 5.41) is 3.45. The Morgan fingerprint density at radius 1 is 1.39 bits per heavy atom. The molecular weight excluding hydrogens is 226 g/mol. The highest BCUT2D eigenvalue weighted by Crippen LogP contribution is 2.26. The summed E-state index contributed by atoms with van der Waals surface area (Å²) in [7, 11) is 0. The minimum atomic E-state index is 0.00542. The first-order chi connectivity index (χ1) is 8.75. The molecule has 2 aliphatic rings. The molecule has 0 radical (unpaired) electrons. The van der Waals surface area contributed by atoms with Crippen LogP contribution in [0.4, 0.5) is 5.69 Å². The molecule has 1 unspecified atom stereocenters. The summed E-state index contributed by atoms with van der Waals surface area (Å²) in [5.41, 5.74) is 1.89. The normalized spacial score (nSPS) is 24.4. The molecule has 1 aliphatic heterocycles. The molecule has 18 heavy (non-hydrogen) atoms. The van der Waals surface area contributed by atoms with Crippen LogP contribution in [0.1, 0.15) is 31.4 Å². The molecule has 2 fully saturated rings. The Balaban J connectivity index is 1.79. The molecule has 0 spiro atoms. The van der Waals surface area contributed by atoms with Crippen molar-refractivity contribution in [3.8, 4) is 0 Å². The van der Waals surface area contributed by atoms with Crippen LogP contribution in [-0.2, 0) is 4.79 Å². The van der Waals surface area contributed by atoms with E-state index in [1.54, 1.807) is 6.20 Å². The van der Waals surface area contributed by atoms with Crippen LogP contribution in [-0.4, -0.2) is 29.5 Å². The fraction of sp³-hybridized carbons (Fsp3) is 0.571. The molecule has 1 aromatic heterocycles. The summed E-state index contributed by atoms with van der Waals surface area (Å²) in [4.78, 5) is 18.6. The van der Waals surface area contributed by atoms with E-state index in [4.69, 9.17) is 0 Å². The van der Waals surface area contributed by atoms with E-state index < -0.39 is 0 Å². The van der Waals surface area contributed by atoms with Crippen LogP contribution in [0.2, 0.25) is 0 Å². The maximum Gasteiger partial charge on any atom is 0.244 e. The van der Waals surface area contributed by atoms with E-state index in [1.807, 2.05) is 24.0 Å². The van der Waals surface area contributed by atoms with Gasteiger partial charge in [0, 0.05) is 18.8 Å². The molecule has 0 bridgehead atoms. The van der Waals surface area contributed by atoms with Gasteiger partial charge in [-0.15, -0.1) is 0 Å². The Kier molecular flexibility index (Phi) is 3.04. The maximum atomic E-state index is 12.5. The zero-order valence-electron chi connectivity index (χ0n) is 10.7. The monoisotopic (exact) mass is 245 g/mol. The van der Waals surface area contributed by atoms with Crippen molar-refractivity contribution in [1.82, 2.24) is 10.3 Å². The Morgan fingerprint density at radius 2 is 2.22 bits per heavy atom. The molecule has 96 valence electrons. The summed E-state index contributed by atoms with van der Waals surface area (Å²) >= 11 is 0. The summed E-state index contributed by atoms with van der Waals surface area (Å²) in [6.07, 6.45) is 6.23. The third-order valence-corrected chi connectivity index (χ3v) is 3.72. The van der Waals surface area contributed by atoms with Gasteiger partial charge in [-0.25, -0.2) is 0 Å². The second-order valence-electron chi connectivity index (χ2n) is 5.23. The van der Waals surface area contributed by atoms with Gasteiger partial charge < -0.3 is 10.2 Å². The number of aryl methyl sites for hydroxylation is 1. The van der Waals surface area contributed by atoms with Gasteiger partial charge in [-0.2, -0.15) is 0 Å². The first kappa shape index (κ1) is 11.7. The van der Waals surface area contributed by atoms with Crippen molar-refractivity contribution in [3.63, 3.8) is 0 Å². The second kappa shape index (κ2) is 4.69. The number of amides is 1. The quantitative estimate of drug-likeness (QED) is 0.880. The van der Waals surface area contributed by atoms with Gasteiger partial charge in [0.05, 0.1) is 17.4 Å². The number of nitrogens with zero attached hydrogens (tertiary/aromatic N) is 2. The second-order valence-corrected chi connectivity index (χ2v) is 5.23. The Bertz CT molecular complexity index is 456. The van der Waals surface area contributed by atoms with Gasteiger partial charge in [0.25, 0.3) is 0 Å². The average molecular weight is 245 g/mol. The van der Waals surface area contributed by atoms with Gasteiger partial charge in [0.1, 0.15) is 0 Å². The van der Waals surface area contributed by atoms with E-state index in [2.05, 4.69) is 10.3 Å². The number of carbonyl (C=O) groups is 1. The summed E-state index contributed by atoms with van der Waals surface area (Å²) in [5.74, 6) is 0.212. The van der Waals surface area contributed by atoms with Crippen LogP contribution in [0, 0.1) is 6.92 Å². The summed E-state index contributed by atoms with van der Waals surface area (Å²) in [6.45, 7) is 2.77. The van der Waals surface area contributed by atoms with Crippen molar-refractivity contribution >= 4 is 11.6 Å². The Labute approximate surface area is 107 Å². The molecule has 1 saturated carbocycles. The number of rotatable bonds is 3. The van der Waals surface area contributed by atoms with E-state index >= 15 is 0 Å². The number of hydrogen-bond acceptors (Lipinski definition) is 3. The first-order valence-electron chi connectivity index (χ1n) is 6.75. The lowest BCUT2D eigenvalue weighted by molar-refractivity contribution is -0.121. The predicted octanol–water partition coefficient (Wildman–Crippen LogP) is 1.64. The van der Waals surface area contributed by atoms with Gasteiger partial charge in [0.2, 0.25) is 5.91 Å². The molecule has 1 amide bonds. The SMILES string of the molecule is Cc1ncccc1N1CCCC(NC2CC2)C1=O. The van der Waals surface area contributed by atoms with Crippen LogP contribution < -0.4 is 10.2 Å². The number of nitrogens with one attached hydrogen (secondary N) is 1. The van der Waals surface area contributed by atoms with Gasteiger partial charge in [-0.05, 0) is 44.7 Å². The Morgan fingerprint density at radius 3 is 2.94 bits per heavy atom. The largest absolute Gasteiger partial charge is 0.309 e. The van der Waals surface area contributed by atoms with Gasteiger partial charge in [-0.3, -0.25) is 9.78 Å². The topological polar surface area (TPSA) is 45.2 Å². The molecule has 3 rings (SSSR count). The molecular formula is C14H19N3O. The van der Waals surface area contributed by atoms with Crippen LogP contribution >= 0.6 is 0 Å². The molecule has 1 atom stereocenters. The molecule has 2 heterocycles. The van der Waals surface area contributed by atoms with E-state index in [-0.39, 0.29) is 11.9 Å². The number of anilines is 1. The van der Waals surface area contributed by atoms with E-state index in [9.17, 15) is 4.79 Å². The van der Waals surface area contributed by atoms with Crippen molar-refractivity contribution in [3.05, 3.63) is 24.0 Å². The molecule has 4 nitrogen and oxygen atoms in total. The van der Waals surface area contributed by atoms with Crippen molar-refractivity contribution in [2.45, 2.75) is 44.7 Å². The number of carbonyl (C=O) groups excluding carboxylic acids is 1. The summed E-state index contributed by atoms with van der Waals surface area (Å²) in [6, 6.07) is 4.47. The molecule has 1 N–H and O–H groups in total. The highest BCUT2D eigenvalue weighted by atomic mass is 16.2. The minimum Gasteiger partial charge on any atom is -0.309 e. The Hall–Kier alpha value is -1.42. The van der Waals surface area contributed by atoms with Crippen molar-refractivity contribution < 1.29 is 4.79 Å². The van der Waals surface area contributed by atoms with Gasteiger partial charge in [-0.1, -0.05) is 0 Å². The minimum absolute atomic E-state index is 0.00542. The van der Waals surface area contributed by atoms with Crippen LogP contribution in [0.15, 0.2) is 18.3 Å². The lowest BCUT2D eigenvalue weighted by Crippen LogP contribution is -2.51. The van der Waals surface area contributed by atoms with Crippen molar-refractivity contribution in [2.75, 3.05) is 11.4 Å². The molecule has 4 heteroatoms. The number of pyridine rings is 1. The lowest BCUT2D eigenvalue weighted by Gasteiger charge is -2.33. The number of hydrogen-bond donors (Lipinski definition) is 1. The van der Waals surface area contributed by atoms with E-state index in [0.717, 1.165) is 30.8 Å². The third-order valence-electron chi connectivity index (χ3n) is 3.72. The third kappa shape index (κ3) is 2.25. The highest BCUT2D eigenvalue weighted by Gasteiger charge is 2.34. The molecule has 0 aromatic carbocycles. The first-order valence-corrected chi connectivity index (χ1v) is 6.75. The van der Waals surface area contributed by atoms with Crippen LogP contribution in [0.3, 0.4) is 0 Å².